The van der Waals surface area contributed by atoms with Gasteiger partial charge in [0.05, 0.1) is 20.3 Å². The largest absolute Gasteiger partial charge is 0.496 e. The molecule has 1 atom stereocenters. The third kappa shape index (κ3) is 4.72. The highest BCUT2D eigenvalue weighted by molar-refractivity contribution is 6.03. The van der Waals surface area contributed by atoms with Gasteiger partial charge in [-0.15, -0.1) is 0 Å². The molecular formula is C31H33N3O4. The first-order chi connectivity index (χ1) is 18.4. The standard InChI is InChI=1S/C31H33N3O4/c1-4-38-25-15-13-22(14-16-25)17-18-34-29(35)27-19-23-9-5-7-11-26(23)33(27)21-31(34,2)30(36)32-20-24-10-6-8-12-28(24)37-3/h5-16,19H,4,17-18,20-21H2,1-3H3,(H,32,36)/t31-/m0/s1. The van der Waals surface area contributed by atoms with Gasteiger partial charge in [-0.05, 0) is 56.2 Å². The molecule has 3 aromatic carbocycles. The number of ether oxygens (including phenoxy) is 2. The molecule has 0 bridgehead atoms. The molecule has 1 aromatic heterocycles. The minimum atomic E-state index is -1.08. The number of rotatable bonds is 9. The molecule has 7 heteroatoms. The first kappa shape index (κ1) is 25.4. The van der Waals surface area contributed by atoms with Crippen molar-refractivity contribution >= 4 is 22.7 Å². The summed E-state index contributed by atoms with van der Waals surface area (Å²) in [6, 6.07) is 25.3. The molecule has 196 valence electrons. The monoisotopic (exact) mass is 511 g/mol. The molecule has 1 aliphatic rings. The summed E-state index contributed by atoms with van der Waals surface area (Å²) < 4.78 is 13.0. The number of carbonyl (C=O) groups is 2. The van der Waals surface area contributed by atoms with Crippen LogP contribution in [0.2, 0.25) is 0 Å². The maximum Gasteiger partial charge on any atom is 0.271 e. The van der Waals surface area contributed by atoms with E-state index in [2.05, 4.69) is 5.32 Å². The van der Waals surface area contributed by atoms with Crippen molar-refractivity contribution < 1.29 is 19.1 Å². The average molecular weight is 512 g/mol. The summed E-state index contributed by atoms with van der Waals surface area (Å²) in [4.78, 5) is 29.5. The molecule has 7 nitrogen and oxygen atoms in total. The van der Waals surface area contributed by atoms with Crippen molar-refractivity contribution in [1.29, 1.82) is 0 Å². The van der Waals surface area contributed by atoms with Crippen molar-refractivity contribution in [1.82, 2.24) is 14.8 Å². The average Bonchev–Trinajstić information content (AvgIpc) is 3.31. The fourth-order valence-electron chi connectivity index (χ4n) is 5.23. The van der Waals surface area contributed by atoms with Crippen LogP contribution in [0.5, 0.6) is 11.5 Å². The van der Waals surface area contributed by atoms with Crippen LogP contribution in [-0.4, -0.2) is 47.1 Å². The fraction of sp³-hybridized carbons (Fsp3) is 0.290. The van der Waals surface area contributed by atoms with Crippen LogP contribution in [0.1, 0.15) is 35.5 Å². The summed E-state index contributed by atoms with van der Waals surface area (Å²) in [6.45, 7) is 5.50. The summed E-state index contributed by atoms with van der Waals surface area (Å²) in [7, 11) is 1.61. The summed E-state index contributed by atoms with van der Waals surface area (Å²) in [5.41, 5.74) is 2.42. The lowest BCUT2D eigenvalue weighted by atomic mass is 9.93. The second-order valence-corrected chi connectivity index (χ2v) is 9.73. The Morgan fingerprint density at radius 1 is 1.03 bits per heavy atom. The third-order valence-electron chi connectivity index (χ3n) is 7.32. The van der Waals surface area contributed by atoms with Gasteiger partial charge in [0, 0.05) is 29.6 Å². The van der Waals surface area contributed by atoms with E-state index in [9.17, 15) is 9.59 Å². The highest BCUT2D eigenvalue weighted by atomic mass is 16.5. The number of fused-ring (bicyclic) bond motifs is 3. The lowest BCUT2D eigenvalue weighted by Crippen LogP contribution is -2.64. The van der Waals surface area contributed by atoms with Gasteiger partial charge in [0.2, 0.25) is 5.91 Å². The molecule has 0 radical (unpaired) electrons. The second kappa shape index (κ2) is 10.6. The van der Waals surface area contributed by atoms with Gasteiger partial charge in [0.25, 0.3) is 5.91 Å². The van der Waals surface area contributed by atoms with Gasteiger partial charge >= 0.3 is 0 Å². The number of nitrogens with one attached hydrogen (secondary N) is 1. The van der Waals surface area contributed by atoms with Gasteiger partial charge < -0.3 is 24.3 Å². The van der Waals surface area contributed by atoms with E-state index in [1.165, 1.54) is 0 Å². The van der Waals surface area contributed by atoms with Crippen LogP contribution in [0.15, 0.2) is 78.9 Å². The van der Waals surface area contributed by atoms with Crippen molar-refractivity contribution in [2.24, 2.45) is 0 Å². The molecule has 2 heterocycles. The highest BCUT2D eigenvalue weighted by Gasteiger charge is 2.47. The number of hydrogen-bond acceptors (Lipinski definition) is 4. The van der Waals surface area contributed by atoms with Crippen LogP contribution in [0.25, 0.3) is 10.9 Å². The molecule has 0 unspecified atom stereocenters. The number of hydrogen-bond donors (Lipinski definition) is 1. The van der Waals surface area contributed by atoms with Crippen LogP contribution in [-0.2, 0) is 24.3 Å². The third-order valence-corrected chi connectivity index (χ3v) is 7.32. The molecular weight excluding hydrogens is 478 g/mol. The molecule has 1 N–H and O–H groups in total. The van der Waals surface area contributed by atoms with E-state index in [0.717, 1.165) is 27.8 Å². The maximum absolute atomic E-state index is 13.9. The highest BCUT2D eigenvalue weighted by Crippen LogP contribution is 2.33. The van der Waals surface area contributed by atoms with Crippen molar-refractivity contribution in [3.05, 3.63) is 95.7 Å². The van der Waals surface area contributed by atoms with Crippen molar-refractivity contribution in [2.45, 2.75) is 38.9 Å². The topological polar surface area (TPSA) is 72.8 Å². The molecule has 0 saturated heterocycles. The summed E-state index contributed by atoms with van der Waals surface area (Å²) in [5, 5.41) is 4.07. The van der Waals surface area contributed by atoms with Gasteiger partial charge in [-0.25, -0.2) is 0 Å². The van der Waals surface area contributed by atoms with Gasteiger partial charge in [-0.3, -0.25) is 9.59 Å². The molecule has 0 spiro atoms. The molecule has 38 heavy (non-hydrogen) atoms. The first-order valence-corrected chi connectivity index (χ1v) is 13.0. The summed E-state index contributed by atoms with van der Waals surface area (Å²) in [5.74, 6) is 1.18. The summed E-state index contributed by atoms with van der Waals surface area (Å²) in [6.07, 6.45) is 0.619. The van der Waals surface area contributed by atoms with Crippen LogP contribution in [0.4, 0.5) is 0 Å². The van der Waals surface area contributed by atoms with Gasteiger partial charge in [0.1, 0.15) is 22.7 Å². The Hall–Kier alpha value is -4.26. The Balaban J connectivity index is 1.44. The number of para-hydroxylation sites is 2. The van der Waals surface area contributed by atoms with Crippen LogP contribution in [0.3, 0.4) is 0 Å². The van der Waals surface area contributed by atoms with Gasteiger partial charge in [0.15, 0.2) is 0 Å². The quantitative estimate of drug-likeness (QED) is 0.350. The zero-order valence-corrected chi connectivity index (χ0v) is 22.1. The number of carbonyl (C=O) groups excluding carboxylic acids is 2. The zero-order chi connectivity index (χ0) is 26.7. The fourth-order valence-corrected chi connectivity index (χ4v) is 5.23. The molecule has 2 amide bonds. The number of aromatic nitrogens is 1. The minimum Gasteiger partial charge on any atom is -0.496 e. The number of nitrogens with zero attached hydrogens (tertiary/aromatic N) is 2. The molecule has 0 fully saturated rings. The van der Waals surface area contributed by atoms with E-state index in [1.54, 1.807) is 12.0 Å². The normalized spacial score (nSPS) is 16.8. The maximum atomic E-state index is 13.9. The van der Waals surface area contributed by atoms with Gasteiger partial charge in [-0.1, -0.05) is 48.5 Å². The second-order valence-electron chi connectivity index (χ2n) is 9.73. The number of methoxy groups -OCH3 is 1. The summed E-state index contributed by atoms with van der Waals surface area (Å²) >= 11 is 0. The van der Waals surface area contributed by atoms with Gasteiger partial charge in [-0.2, -0.15) is 0 Å². The van der Waals surface area contributed by atoms with E-state index in [1.807, 2.05) is 97.3 Å². The number of amides is 2. The molecule has 5 rings (SSSR count). The van der Waals surface area contributed by atoms with Crippen LogP contribution >= 0.6 is 0 Å². The predicted molar refractivity (Wildman–Crippen MR) is 148 cm³/mol. The lowest BCUT2D eigenvalue weighted by Gasteiger charge is -2.44. The van der Waals surface area contributed by atoms with Crippen molar-refractivity contribution in [3.8, 4) is 11.5 Å². The zero-order valence-electron chi connectivity index (χ0n) is 22.1. The van der Waals surface area contributed by atoms with E-state index in [-0.39, 0.29) is 11.8 Å². The Kier molecular flexibility index (Phi) is 7.09. The van der Waals surface area contributed by atoms with Crippen molar-refractivity contribution in [3.63, 3.8) is 0 Å². The molecule has 0 aliphatic carbocycles. The molecule has 1 aliphatic heterocycles. The predicted octanol–water partition coefficient (Wildman–Crippen LogP) is 4.82. The Morgan fingerprint density at radius 3 is 2.53 bits per heavy atom. The van der Waals surface area contributed by atoms with E-state index < -0.39 is 5.54 Å². The number of benzene rings is 3. The minimum absolute atomic E-state index is 0.145. The van der Waals surface area contributed by atoms with E-state index in [0.29, 0.717) is 44.1 Å². The lowest BCUT2D eigenvalue weighted by molar-refractivity contribution is -0.133. The Labute approximate surface area is 223 Å². The Bertz CT molecular complexity index is 1460. The van der Waals surface area contributed by atoms with Crippen LogP contribution in [0, 0.1) is 0 Å². The SMILES string of the molecule is CCOc1ccc(CCN2C(=O)c3cc4ccccc4n3C[C@@]2(C)C(=O)NCc2ccccc2OC)cc1. The van der Waals surface area contributed by atoms with Crippen LogP contribution < -0.4 is 14.8 Å². The molecule has 0 saturated carbocycles. The molecule has 4 aromatic rings. The smallest absolute Gasteiger partial charge is 0.271 e. The van der Waals surface area contributed by atoms with E-state index in [4.69, 9.17) is 9.47 Å². The first-order valence-electron chi connectivity index (χ1n) is 13.0. The van der Waals surface area contributed by atoms with E-state index >= 15 is 0 Å². The Morgan fingerprint density at radius 2 is 1.76 bits per heavy atom. The van der Waals surface area contributed by atoms with Crippen molar-refractivity contribution in [2.75, 3.05) is 20.3 Å².